The summed E-state index contributed by atoms with van der Waals surface area (Å²) in [6.45, 7) is 9.25. The Morgan fingerprint density at radius 1 is 1.47 bits per heavy atom. The van der Waals surface area contributed by atoms with Crippen LogP contribution in [0.1, 0.15) is 19.4 Å². The van der Waals surface area contributed by atoms with Crippen molar-refractivity contribution in [1.29, 1.82) is 5.26 Å². The molecule has 0 aromatic heterocycles. The van der Waals surface area contributed by atoms with Gasteiger partial charge in [-0.3, -0.25) is 0 Å². The number of hydrogen-bond donors (Lipinski definition) is 1. The summed E-state index contributed by atoms with van der Waals surface area (Å²) >= 11 is 0. The normalized spacial score (nSPS) is 10.0. The Labute approximate surface area is 103 Å². The molecule has 3 heteroatoms. The number of ether oxygens (including phenoxy) is 1. The van der Waals surface area contributed by atoms with Gasteiger partial charge in [-0.15, -0.1) is 0 Å². The van der Waals surface area contributed by atoms with E-state index in [9.17, 15) is 0 Å². The molecule has 0 saturated carbocycles. The maximum atomic E-state index is 8.90. The predicted molar refractivity (Wildman–Crippen MR) is 68.9 cm³/mol. The second-order valence-electron chi connectivity index (χ2n) is 4.18. The average molecular weight is 230 g/mol. The highest BCUT2D eigenvalue weighted by Crippen LogP contribution is 2.16. The Hall–Kier alpha value is -1.79. The minimum Gasteiger partial charge on any atom is -0.488 e. The molecule has 0 amide bonds. The van der Waals surface area contributed by atoms with Gasteiger partial charge in [0.25, 0.3) is 0 Å². The molecular weight excluding hydrogens is 212 g/mol. The predicted octanol–water partition coefficient (Wildman–Crippen LogP) is 2.49. The maximum absolute atomic E-state index is 8.90. The molecule has 0 aliphatic carbocycles. The van der Waals surface area contributed by atoms with Crippen molar-refractivity contribution in [2.24, 2.45) is 0 Å². The molecule has 0 atom stereocenters. The first-order valence-corrected chi connectivity index (χ1v) is 5.65. The van der Waals surface area contributed by atoms with E-state index in [1.54, 1.807) is 12.1 Å². The van der Waals surface area contributed by atoms with Gasteiger partial charge in [-0.1, -0.05) is 32.6 Å². The zero-order chi connectivity index (χ0) is 12.7. The van der Waals surface area contributed by atoms with Crippen molar-refractivity contribution in [3.05, 3.63) is 42.0 Å². The number of para-hydroxylation sites is 1. The first-order valence-electron chi connectivity index (χ1n) is 5.65. The van der Waals surface area contributed by atoms with Crippen molar-refractivity contribution in [2.75, 3.05) is 13.2 Å². The topological polar surface area (TPSA) is 45.0 Å². The van der Waals surface area contributed by atoms with Gasteiger partial charge >= 0.3 is 0 Å². The van der Waals surface area contributed by atoms with E-state index < -0.39 is 0 Å². The molecule has 1 aromatic rings. The quantitative estimate of drug-likeness (QED) is 0.764. The largest absolute Gasteiger partial charge is 0.488 e. The van der Waals surface area contributed by atoms with Gasteiger partial charge in [0.05, 0.1) is 5.56 Å². The lowest BCUT2D eigenvalue weighted by Crippen LogP contribution is -2.26. The lowest BCUT2D eigenvalue weighted by atomic mass is 10.2. The Kier molecular flexibility index (Phi) is 5.25. The lowest BCUT2D eigenvalue weighted by Gasteiger charge is -2.12. The third kappa shape index (κ3) is 4.71. The van der Waals surface area contributed by atoms with Crippen LogP contribution in [0.5, 0.6) is 5.75 Å². The summed E-state index contributed by atoms with van der Waals surface area (Å²) in [5, 5.41) is 12.2. The molecule has 3 nitrogen and oxygen atoms in total. The number of rotatable bonds is 6. The molecule has 0 aliphatic heterocycles. The molecule has 1 N–H and O–H groups in total. The second kappa shape index (κ2) is 6.72. The monoisotopic (exact) mass is 230 g/mol. The highest BCUT2D eigenvalue weighted by atomic mass is 16.5. The molecule has 0 spiro atoms. The molecule has 0 bridgehead atoms. The zero-order valence-electron chi connectivity index (χ0n) is 10.4. The molecule has 90 valence electrons. The van der Waals surface area contributed by atoms with Crippen molar-refractivity contribution >= 4 is 0 Å². The van der Waals surface area contributed by atoms with Gasteiger partial charge in [0.2, 0.25) is 0 Å². The molecule has 0 unspecified atom stereocenters. The highest BCUT2D eigenvalue weighted by molar-refractivity contribution is 5.42. The number of nitrogens with zero attached hydrogens (tertiary/aromatic N) is 1. The smallest absolute Gasteiger partial charge is 0.137 e. The van der Waals surface area contributed by atoms with Crippen LogP contribution in [-0.2, 0) is 0 Å². The van der Waals surface area contributed by atoms with Crippen LogP contribution in [0.3, 0.4) is 0 Å². The Balaban J connectivity index is 2.45. The lowest BCUT2D eigenvalue weighted by molar-refractivity contribution is 0.346. The van der Waals surface area contributed by atoms with Gasteiger partial charge in [-0.05, 0) is 17.7 Å². The van der Waals surface area contributed by atoms with Crippen LogP contribution < -0.4 is 10.1 Å². The summed E-state index contributed by atoms with van der Waals surface area (Å²) in [5.41, 5.74) is 1.52. The van der Waals surface area contributed by atoms with Gasteiger partial charge < -0.3 is 10.1 Å². The maximum Gasteiger partial charge on any atom is 0.137 e. The first-order chi connectivity index (χ1) is 8.13. The van der Waals surface area contributed by atoms with Crippen LogP contribution in [0, 0.1) is 11.3 Å². The van der Waals surface area contributed by atoms with Crippen molar-refractivity contribution in [3.8, 4) is 11.8 Å². The van der Waals surface area contributed by atoms with Gasteiger partial charge in [-0.25, -0.2) is 0 Å². The van der Waals surface area contributed by atoms with Crippen LogP contribution in [-0.4, -0.2) is 19.2 Å². The van der Waals surface area contributed by atoms with Gasteiger partial charge in [0.1, 0.15) is 18.4 Å². The van der Waals surface area contributed by atoms with Crippen LogP contribution in [0.4, 0.5) is 0 Å². The molecule has 0 heterocycles. The van der Waals surface area contributed by atoms with Crippen LogP contribution in [0.25, 0.3) is 0 Å². The van der Waals surface area contributed by atoms with Gasteiger partial charge in [0, 0.05) is 12.6 Å². The summed E-state index contributed by atoms with van der Waals surface area (Å²) in [7, 11) is 0. The van der Waals surface area contributed by atoms with E-state index in [0.29, 0.717) is 24.0 Å². The van der Waals surface area contributed by atoms with E-state index in [4.69, 9.17) is 10.00 Å². The fourth-order valence-corrected chi connectivity index (χ4v) is 1.26. The molecule has 0 radical (unpaired) electrons. The van der Waals surface area contributed by atoms with Crippen molar-refractivity contribution in [3.63, 3.8) is 0 Å². The molecule has 17 heavy (non-hydrogen) atoms. The number of nitriles is 1. The summed E-state index contributed by atoms with van der Waals surface area (Å²) in [6.07, 6.45) is 0. The van der Waals surface area contributed by atoms with E-state index >= 15 is 0 Å². The van der Waals surface area contributed by atoms with Crippen molar-refractivity contribution in [1.82, 2.24) is 5.32 Å². The third-order valence-corrected chi connectivity index (χ3v) is 2.20. The summed E-state index contributed by atoms with van der Waals surface area (Å²) in [5.74, 6) is 0.612. The summed E-state index contributed by atoms with van der Waals surface area (Å²) < 4.78 is 5.56. The molecule has 1 aromatic carbocycles. The summed E-state index contributed by atoms with van der Waals surface area (Å²) in [6, 6.07) is 9.73. The zero-order valence-corrected chi connectivity index (χ0v) is 10.4. The Morgan fingerprint density at radius 2 is 2.18 bits per heavy atom. The first kappa shape index (κ1) is 13.3. The number of nitrogens with one attached hydrogen (secondary N) is 1. The van der Waals surface area contributed by atoms with Crippen LogP contribution in [0.15, 0.2) is 36.4 Å². The standard InChI is InChI=1S/C14H18N2O/c1-11(2)16-9-12(3)10-17-14-7-5-4-6-13(14)8-15/h4-7,11,16H,3,9-10H2,1-2H3. The average Bonchev–Trinajstić information content (AvgIpc) is 2.34. The minimum atomic E-state index is 0.429. The van der Waals surface area contributed by atoms with Gasteiger partial charge in [-0.2, -0.15) is 5.26 Å². The van der Waals surface area contributed by atoms with E-state index in [2.05, 4.69) is 31.8 Å². The fourth-order valence-electron chi connectivity index (χ4n) is 1.26. The fraction of sp³-hybridized carbons (Fsp3) is 0.357. The Morgan fingerprint density at radius 3 is 2.82 bits per heavy atom. The van der Waals surface area contributed by atoms with E-state index in [1.165, 1.54) is 0 Å². The van der Waals surface area contributed by atoms with Crippen molar-refractivity contribution in [2.45, 2.75) is 19.9 Å². The molecule has 0 fully saturated rings. The van der Waals surface area contributed by atoms with Crippen molar-refractivity contribution < 1.29 is 4.74 Å². The number of benzene rings is 1. The molecule has 0 aliphatic rings. The van der Waals surface area contributed by atoms with Crippen LogP contribution >= 0.6 is 0 Å². The van der Waals surface area contributed by atoms with E-state index in [-0.39, 0.29) is 0 Å². The number of hydrogen-bond acceptors (Lipinski definition) is 3. The minimum absolute atomic E-state index is 0.429. The molecular formula is C14H18N2O. The second-order valence-corrected chi connectivity index (χ2v) is 4.18. The van der Waals surface area contributed by atoms with Crippen LogP contribution in [0.2, 0.25) is 0 Å². The van der Waals surface area contributed by atoms with Gasteiger partial charge in [0.15, 0.2) is 0 Å². The molecule has 1 rings (SSSR count). The highest BCUT2D eigenvalue weighted by Gasteiger charge is 2.03. The molecule has 0 saturated heterocycles. The Bertz CT molecular complexity index is 418. The summed E-state index contributed by atoms with van der Waals surface area (Å²) in [4.78, 5) is 0. The van der Waals surface area contributed by atoms with E-state index in [0.717, 1.165) is 12.1 Å². The SMILES string of the molecule is C=C(CNC(C)C)COc1ccccc1C#N. The third-order valence-electron chi connectivity index (χ3n) is 2.20. The van der Waals surface area contributed by atoms with E-state index in [1.807, 2.05) is 12.1 Å².